The first-order valence-corrected chi connectivity index (χ1v) is 6.05. The average Bonchev–Trinajstić information content (AvgIpc) is 2.81. The summed E-state index contributed by atoms with van der Waals surface area (Å²) in [7, 11) is 0. The summed E-state index contributed by atoms with van der Waals surface area (Å²) < 4.78 is 49.1. The molecule has 0 spiro atoms. The lowest BCUT2D eigenvalue weighted by Crippen LogP contribution is -2.27. The van der Waals surface area contributed by atoms with Crippen molar-refractivity contribution in [2.45, 2.75) is 32.5 Å². The molecule has 3 heteroatoms. The first kappa shape index (κ1) is 6.76. The third-order valence-electron chi connectivity index (χ3n) is 3.36. The molecule has 1 aromatic rings. The zero-order chi connectivity index (χ0) is 18.2. The van der Waals surface area contributed by atoms with Gasteiger partial charge in [0, 0.05) is 11.9 Å². The number of halogens is 1. The second kappa shape index (κ2) is 4.13. The van der Waals surface area contributed by atoms with Gasteiger partial charge >= 0.3 is 0 Å². The number of fused-ring (bicyclic) bond motifs is 2. The lowest BCUT2D eigenvalue weighted by molar-refractivity contribution is -0.121. The van der Waals surface area contributed by atoms with Crippen LogP contribution in [0.3, 0.4) is 0 Å². The summed E-state index contributed by atoms with van der Waals surface area (Å²) in [6.45, 7) is 1.68. The number of hydrogen-bond acceptors (Lipinski definition) is 1. The second-order valence-corrected chi connectivity index (χ2v) is 4.89. The van der Waals surface area contributed by atoms with E-state index in [9.17, 15) is 4.79 Å². The summed E-state index contributed by atoms with van der Waals surface area (Å²) >= 11 is 6.14. The third-order valence-corrected chi connectivity index (χ3v) is 3.76. The Hall–Kier alpha value is -1.28. The fourth-order valence-electron chi connectivity index (χ4n) is 2.48. The molecule has 0 saturated carbocycles. The van der Waals surface area contributed by atoms with Crippen LogP contribution in [-0.4, -0.2) is 5.91 Å². The molecule has 2 nitrogen and oxygen atoms in total. The van der Waals surface area contributed by atoms with Crippen molar-refractivity contribution in [3.05, 3.63) is 39.4 Å². The van der Waals surface area contributed by atoms with Gasteiger partial charge in [0.05, 0.1) is 7.26 Å². The van der Waals surface area contributed by atoms with Crippen LogP contribution in [0.2, 0.25) is 5.02 Å². The molecule has 0 aromatic heterocycles. The van der Waals surface area contributed by atoms with Gasteiger partial charge in [0.2, 0.25) is 5.91 Å². The van der Waals surface area contributed by atoms with Crippen LogP contribution in [-0.2, 0) is 11.2 Å². The van der Waals surface area contributed by atoms with Crippen LogP contribution in [0.1, 0.15) is 44.1 Å². The first-order chi connectivity index (χ1) is 10.9. The lowest BCUT2D eigenvalue weighted by Gasteiger charge is -2.22. The fraction of sp³-hybridized carbons (Fsp3) is 0.400. The van der Waals surface area contributed by atoms with E-state index in [-0.39, 0.29) is 24.5 Å². The zero-order valence-corrected chi connectivity index (χ0v) is 10.6. The second-order valence-electron chi connectivity index (χ2n) is 4.49. The molecule has 0 fully saturated rings. The molecular formula is C15H16ClNO. The average molecular weight is 268 g/mol. The fourth-order valence-corrected chi connectivity index (χ4v) is 2.63. The third kappa shape index (κ3) is 1.67. The van der Waals surface area contributed by atoms with Crippen molar-refractivity contribution in [1.82, 2.24) is 0 Å². The number of primary amides is 1. The number of benzene rings is 1. The monoisotopic (exact) mass is 267 g/mol. The smallest absolute Gasteiger partial charge is 0.224 e. The highest BCUT2D eigenvalue weighted by atomic mass is 35.5. The molecule has 1 aromatic carbocycles. The molecule has 0 saturated heterocycles. The molecule has 0 heterocycles. The molecule has 18 heavy (non-hydrogen) atoms. The van der Waals surface area contributed by atoms with Crippen LogP contribution in [0, 0.1) is 12.8 Å². The summed E-state index contributed by atoms with van der Waals surface area (Å²) in [4.78, 5) is 12.0. The minimum Gasteiger partial charge on any atom is -0.369 e. The molecule has 2 aliphatic rings. The molecule has 2 aliphatic carbocycles. The highest BCUT2D eigenvalue weighted by Gasteiger charge is 2.33. The normalized spacial score (nSPS) is 36.3. The highest BCUT2D eigenvalue weighted by Crippen LogP contribution is 2.45. The minimum atomic E-state index is -2.78. The number of carbonyl (C=O) groups excluding carboxylic acids is 1. The van der Waals surface area contributed by atoms with Gasteiger partial charge in [-0.2, -0.15) is 0 Å². The van der Waals surface area contributed by atoms with Gasteiger partial charge in [-0.1, -0.05) is 17.6 Å². The van der Waals surface area contributed by atoms with Crippen molar-refractivity contribution >= 4 is 23.1 Å². The summed E-state index contributed by atoms with van der Waals surface area (Å²) in [5.41, 5.74) is 7.46. The predicted molar refractivity (Wildman–Crippen MR) is 73.3 cm³/mol. The van der Waals surface area contributed by atoms with Gasteiger partial charge in [0.25, 0.3) is 0 Å². The Morgan fingerprint density at radius 3 is 3.22 bits per heavy atom. The molecule has 2 N–H and O–H groups in total. The van der Waals surface area contributed by atoms with Crippen LogP contribution in [0.25, 0.3) is 5.57 Å². The maximum Gasteiger partial charge on any atom is 0.224 e. The van der Waals surface area contributed by atoms with Crippen molar-refractivity contribution in [2.75, 3.05) is 0 Å². The Balaban J connectivity index is 2.33. The van der Waals surface area contributed by atoms with Crippen LogP contribution >= 0.6 is 11.6 Å². The number of allylic oxidation sites excluding steroid dienone is 1. The Kier molecular flexibility index (Phi) is 1.55. The number of hydrogen-bond donors (Lipinski definition) is 1. The molecule has 3 rings (SSSR count). The van der Waals surface area contributed by atoms with Gasteiger partial charge < -0.3 is 5.73 Å². The summed E-state index contributed by atoms with van der Waals surface area (Å²) in [5.74, 6) is -3.76. The quantitative estimate of drug-likeness (QED) is 0.834. The van der Waals surface area contributed by atoms with Crippen molar-refractivity contribution < 1.29 is 13.0 Å². The van der Waals surface area contributed by atoms with Crippen LogP contribution in [0.5, 0.6) is 0 Å². The molecule has 1 unspecified atom stereocenters. The van der Waals surface area contributed by atoms with E-state index in [4.69, 9.17) is 25.6 Å². The summed E-state index contributed by atoms with van der Waals surface area (Å²) in [5, 5.41) is 0.344. The Morgan fingerprint density at radius 1 is 1.72 bits per heavy atom. The zero-order valence-electron chi connectivity index (χ0n) is 15.9. The lowest BCUT2D eigenvalue weighted by atomic mass is 9.82. The Labute approximate surface area is 120 Å². The van der Waals surface area contributed by atoms with Crippen LogP contribution < -0.4 is 5.73 Å². The topological polar surface area (TPSA) is 43.1 Å². The van der Waals surface area contributed by atoms with E-state index < -0.39 is 24.5 Å². The molecule has 0 aliphatic heterocycles. The minimum absolute atomic E-state index is 0.0313. The van der Waals surface area contributed by atoms with Crippen molar-refractivity contribution in [2.24, 2.45) is 11.6 Å². The van der Waals surface area contributed by atoms with E-state index in [2.05, 4.69) is 0 Å². The molecule has 0 bridgehead atoms. The van der Waals surface area contributed by atoms with Crippen molar-refractivity contribution in [1.29, 1.82) is 0 Å². The van der Waals surface area contributed by atoms with Gasteiger partial charge in [-0.15, -0.1) is 0 Å². The molecular weight excluding hydrogens is 246 g/mol. The summed E-state index contributed by atoms with van der Waals surface area (Å²) in [6, 6.07) is 1.77. The number of nitrogens with two attached hydrogens (primary N) is 1. The first-order valence-electron chi connectivity index (χ1n) is 8.67. The molecule has 0 radical (unpaired) electrons. The van der Waals surface area contributed by atoms with Gasteiger partial charge in [-0.25, -0.2) is 0 Å². The highest BCUT2D eigenvalue weighted by molar-refractivity contribution is 6.31. The van der Waals surface area contributed by atoms with Crippen LogP contribution in [0.15, 0.2) is 17.7 Å². The standard InChI is InChI=1S/C15H16ClNO/c1-8-5-9-6-13-10(12(9)7-14(8)16)3-2-4-11(13)15(17)18/h5,7,11H,2-4,6H2,1H3,(H2,17,18)/i2D2,4D2,5D,11D. The van der Waals surface area contributed by atoms with Gasteiger partial charge in [0.15, 0.2) is 0 Å². The Morgan fingerprint density at radius 2 is 2.50 bits per heavy atom. The van der Waals surface area contributed by atoms with Gasteiger partial charge in [-0.3, -0.25) is 4.79 Å². The molecule has 1 amide bonds. The van der Waals surface area contributed by atoms with Crippen LogP contribution in [0.4, 0.5) is 0 Å². The summed E-state index contributed by atoms with van der Waals surface area (Å²) in [6.07, 6.45) is -5.50. The van der Waals surface area contributed by atoms with E-state index in [1.807, 2.05) is 0 Å². The number of carbonyl (C=O) groups is 1. The van der Waals surface area contributed by atoms with Crippen molar-refractivity contribution in [3.63, 3.8) is 0 Å². The van der Waals surface area contributed by atoms with Crippen molar-refractivity contribution in [3.8, 4) is 0 Å². The van der Waals surface area contributed by atoms with Gasteiger partial charge in [-0.05, 0) is 66.4 Å². The van der Waals surface area contributed by atoms with E-state index in [0.717, 1.165) is 0 Å². The molecule has 94 valence electrons. The maximum absolute atomic E-state index is 12.0. The predicted octanol–water partition coefficient (Wildman–Crippen LogP) is 3.24. The van der Waals surface area contributed by atoms with Gasteiger partial charge in [0.1, 0.15) is 0 Å². The van der Waals surface area contributed by atoms with E-state index in [1.165, 1.54) is 0 Å². The largest absolute Gasteiger partial charge is 0.369 e. The van der Waals surface area contributed by atoms with E-state index in [0.29, 0.717) is 27.3 Å². The Bertz CT molecular complexity index is 819. The number of rotatable bonds is 1. The van der Waals surface area contributed by atoms with E-state index >= 15 is 0 Å². The SMILES string of the molecule is [2H]c1c(C)c(Cl)cc2c1CC1=C2CC([2H])([2H])C([2H])([2H])C1([2H])C(N)=O. The molecule has 1 atom stereocenters. The number of amides is 1. The van der Waals surface area contributed by atoms with E-state index in [1.54, 1.807) is 13.0 Å². The maximum atomic E-state index is 12.0.